The van der Waals surface area contributed by atoms with Crippen molar-refractivity contribution in [1.82, 2.24) is 0 Å². The van der Waals surface area contributed by atoms with Crippen LogP contribution < -0.4 is 24.9 Å². The molecular weight excluding hydrogens is 502 g/mol. The number of nitrogens with zero attached hydrogens (tertiary/aromatic N) is 2. The lowest BCUT2D eigenvalue weighted by molar-refractivity contribution is -0.384. The van der Waals surface area contributed by atoms with Gasteiger partial charge in [-0.2, -0.15) is 5.10 Å². The molecule has 3 rings (SSSR count). The van der Waals surface area contributed by atoms with Crippen LogP contribution in [0.1, 0.15) is 13.3 Å². The molecular formula is C24H25N5O7S. The smallest absolute Gasteiger partial charge is 0.295 e. The Balaban J connectivity index is 1.69. The fourth-order valence-corrected chi connectivity index (χ4v) is 4.18. The van der Waals surface area contributed by atoms with Gasteiger partial charge in [0.15, 0.2) is 0 Å². The summed E-state index contributed by atoms with van der Waals surface area (Å²) in [6.45, 7) is 1.57. The van der Waals surface area contributed by atoms with Gasteiger partial charge in [0, 0.05) is 23.2 Å². The summed E-state index contributed by atoms with van der Waals surface area (Å²) in [5.74, 6) is 0.855. The second kappa shape index (κ2) is 11.9. The lowest BCUT2D eigenvalue weighted by Crippen LogP contribution is -2.16. The van der Waals surface area contributed by atoms with Gasteiger partial charge in [0.25, 0.3) is 15.7 Å². The Morgan fingerprint density at radius 2 is 1.51 bits per heavy atom. The summed E-state index contributed by atoms with van der Waals surface area (Å²) in [4.78, 5) is 22.8. The minimum Gasteiger partial charge on any atom is -0.497 e. The summed E-state index contributed by atoms with van der Waals surface area (Å²) >= 11 is 0. The summed E-state index contributed by atoms with van der Waals surface area (Å²) in [6, 6.07) is 16.3. The summed E-state index contributed by atoms with van der Waals surface area (Å²) in [7, 11) is -1.09. The van der Waals surface area contributed by atoms with E-state index in [4.69, 9.17) is 9.47 Å². The fourth-order valence-electron chi connectivity index (χ4n) is 3.10. The van der Waals surface area contributed by atoms with E-state index in [-0.39, 0.29) is 28.6 Å². The molecule has 0 spiro atoms. The van der Waals surface area contributed by atoms with Crippen molar-refractivity contribution in [2.75, 3.05) is 29.7 Å². The molecule has 0 heterocycles. The summed E-state index contributed by atoms with van der Waals surface area (Å²) < 4.78 is 38.0. The first-order valence-corrected chi connectivity index (χ1v) is 12.3. The van der Waals surface area contributed by atoms with Crippen LogP contribution in [0.5, 0.6) is 11.5 Å². The molecule has 0 aliphatic heterocycles. The quantitative estimate of drug-likeness (QED) is 0.190. The predicted molar refractivity (Wildman–Crippen MR) is 140 cm³/mol. The van der Waals surface area contributed by atoms with Gasteiger partial charge in [-0.05, 0) is 67.6 Å². The van der Waals surface area contributed by atoms with Crippen molar-refractivity contribution in [3.63, 3.8) is 0 Å². The van der Waals surface area contributed by atoms with E-state index in [9.17, 15) is 23.3 Å². The van der Waals surface area contributed by atoms with E-state index in [0.29, 0.717) is 22.9 Å². The third kappa shape index (κ3) is 7.41. The molecule has 0 atom stereocenters. The van der Waals surface area contributed by atoms with Gasteiger partial charge >= 0.3 is 0 Å². The van der Waals surface area contributed by atoms with Crippen LogP contribution in [0.4, 0.5) is 22.7 Å². The van der Waals surface area contributed by atoms with Crippen LogP contribution in [0.15, 0.2) is 76.7 Å². The molecule has 0 radical (unpaired) electrons. The van der Waals surface area contributed by atoms with Crippen molar-refractivity contribution in [1.29, 1.82) is 0 Å². The first kappa shape index (κ1) is 26.9. The van der Waals surface area contributed by atoms with Gasteiger partial charge in [0.1, 0.15) is 17.2 Å². The minimum absolute atomic E-state index is 0.0386. The average molecular weight is 528 g/mol. The molecule has 0 aliphatic carbocycles. The molecule has 3 aromatic carbocycles. The maximum absolute atomic E-state index is 12.8. The van der Waals surface area contributed by atoms with Gasteiger partial charge in [-0.15, -0.1) is 0 Å². The molecule has 0 aliphatic rings. The number of hydrazone groups is 1. The topological polar surface area (TPSA) is 161 Å². The zero-order valence-electron chi connectivity index (χ0n) is 20.2. The van der Waals surface area contributed by atoms with E-state index >= 15 is 0 Å². The number of benzene rings is 3. The maximum atomic E-state index is 12.8. The molecule has 1 amide bonds. The normalized spacial score (nSPS) is 11.4. The van der Waals surface area contributed by atoms with E-state index in [1.54, 1.807) is 43.3 Å². The van der Waals surface area contributed by atoms with Crippen LogP contribution in [-0.2, 0) is 14.8 Å². The van der Waals surface area contributed by atoms with Gasteiger partial charge < -0.3 is 14.8 Å². The maximum Gasteiger partial charge on any atom is 0.295 e. The number of amides is 1. The van der Waals surface area contributed by atoms with Crippen LogP contribution >= 0.6 is 0 Å². The molecule has 194 valence electrons. The van der Waals surface area contributed by atoms with Crippen LogP contribution in [0.25, 0.3) is 0 Å². The number of nitro benzene ring substituents is 1. The van der Waals surface area contributed by atoms with Gasteiger partial charge in [0.2, 0.25) is 5.91 Å². The monoisotopic (exact) mass is 527 g/mol. The number of hydrogen-bond acceptors (Lipinski definition) is 9. The van der Waals surface area contributed by atoms with Crippen molar-refractivity contribution in [2.45, 2.75) is 18.2 Å². The highest BCUT2D eigenvalue weighted by Gasteiger charge is 2.22. The Hall–Kier alpha value is -4.65. The predicted octanol–water partition coefficient (Wildman–Crippen LogP) is 4.23. The van der Waals surface area contributed by atoms with E-state index in [0.717, 1.165) is 6.07 Å². The number of carbonyl (C=O) groups excluding carboxylic acids is 1. The Morgan fingerprint density at radius 3 is 2.05 bits per heavy atom. The third-order valence-corrected chi connectivity index (χ3v) is 6.35. The number of nitrogens with one attached hydrogen (secondary N) is 3. The molecule has 12 nitrogen and oxygen atoms in total. The first-order valence-electron chi connectivity index (χ1n) is 10.8. The van der Waals surface area contributed by atoms with E-state index < -0.39 is 20.6 Å². The van der Waals surface area contributed by atoms with E-state index in [2.05, 4.69) is 20.6 Å². The standard InChI is InChI=1S/C24H25N5O7S/c1-16(14-24(30)25-17-4-8-19(35-2)9-5-17)26-27-22-13-12-21(15-23(22)29(31)32)37(33,34)28-18-6-10-20(36-3)11-7-18/h4-13,15,27-28H,14H2,1-3H3,(H,25,30). The van der Waals surface area contributed by atoms with Gasteiger partial charge in [-0.1, -0.05) is 0 Å². The van der Waals surface area contributed by atoms with Crippen LogP contribution in [0, 0.1) is 10.1 Å². The minimum atomic E-state index is -4.11. The Morgan fingerprint density at radius 1 is 0.946 bits per heavy atom. The Kier molecular flexibility index (Phi) is 8.64. The SMILES string of the molecule is COc1ccc(NC(=O)CC(C)=NNc2ccc(S(=O)(=O)Nc3ccc(OC)cc3)cc2[N+](=O)[O-])cc1. The number of sulfonamides is 1. The number of methoxy groups -OCH3 is 2. The van der Waals surface area contributed by atoms with Crippen LogP contribution in [0.3, 0.4) is 0 Å². The van der Waals surface area contributed by atoms with Crippen LogP contribution in [-0.4, -0.2) is 39.2 Å². The molecule has 0 aromatic heterocycles. The van der Waals surface area contributed by atoms with Crippen molar-refractivity contribution in [3.8, 4) is 11.5 Å². The lowest BCUT2D eigenvalue weighted by Gasteiger charge is -2.10. The summed E-state index contributed by atoms with van der Waals surface area (Å²) in [5.41, 5.74) is 3.18. The molecule has 37 heavy (non-hydrogen) atoms. The number of carbonyl (C=O) groups is 1. The summed E-state index contributed by atoms with van der Waals surface area (Å²) in [6.07, 6.45) is -0.0783. The number of hydrogen-bond donors (Lipinski definition) is 3. The highest BCUT2D eigenvalue weighted by Crippen LogP contribution is 2.29. The van der Waals surface area contributed by atoms with E-state index in [1.807, 2.05) is 0 Å². The number of anilines is 3. The largest absolute Gasteiger partial charge is 0.497 e. The molecule has 0 unspecified atom stereocenters. The highest BCUT2D eigenvalue weighted by atomic mass is 32.2. The lowest BCUT2D eigenvalue weighted by atomic mass is 10.2. The molecule has 0 bridgehead atoms. The first-order chi connectivity index (χ1) is 17.6. The number of nitro groups is 1. The molecule has 3 aromatic rings. The third-order valence-electron chi connectivity index (χ3n) is 4.98. The van der Waals surface area contributed by atoms with Gasteiger partial charge in [-0.3, -0.25) is 25.1 Å². The zero-order chi connectivity index (χ0) is 27.0. The van der Waals surface area contributed by atoms with Crippen molar-refractivity contribution in [2.24, 2.45) is 5.10 Å². The van der Waals surface area contributed by atoms with Crippen LogP contribution in [0.2, 0.25) is 0 Å². The second-order valence-electron chi connectivity index (χ2n) is 7.68. The second-order valence-corrected chi connectivity index (χ2v) is 9.36. The molecule has 0 saturated carbocycles. The molecule has 3 N–H and O–H groups in total. The zero-order valence-corrected chi connectivity index (χ0v) is 21.0. The van der Waals surface area contributed by atoms with Gasteiger partial charge in [0.05, 0.1) is 30.5 Å². The van der Waals surface area contributed by atoms with Gasteiger partial charge in [-0.25, -0.2) is 8.42 Å². The Labute approximate surface area is 213 Å². The van der Waals surface area contributed by atoms with E-state index in [1.165, 1.54) is 38.5 Å². The summed E-state index contributed by atoms with van der Waals surface area (Å²) in [5, 5.41) is 18.4. The molecule has 13 heteroatoms. The van der Waals surface area contributed by atoms with Crippen molar-refractivity contribution in [3.05, 3.63) is 76.8 Å². The fraction of sp³-hybridized carbons (Fsp3) is 0.167. The Bertz CT molecular complexity index is 1410. The number of ether oxygens (including phenoxy) is 2. The van der Waals surface area contributed by atoms with Crippen molar-refractivity contribution < 1.29 is 27.6 Å². The van der Waals surface area contributed by atoms with Crippen molar-refractivity contribution >= 4 is 44.4 Å². The number of rotatable bonds is 11. The average Bonchev–Trinajstić information content (AvgIpc) is 2.88. The highest BCUT2D eigenvalue weighted by molar-refractivity contribution is 7.92. The molecule has 0 fully saturated rings. The molecule has 0 saturated heterocycles.